The van der Waals surface area contributed by atoms with Gasteiger partial charge < -0.3 is 29.6 Å². The molecule has 0 atom stereocenters. The number of carbonyl (C=O) groups is 2. The van der Waals surface area contributed by atoms with E-state index in [0.29, 0.717) is 22.8 Å². The van der Waals surface area contributed by atoms with E-state index in [1.54, 1.807) is 0 Å². The van der Waals surface area contributed by atoms with Gasteiger partial charge in [-0.25, -0.2) is 0 Å². The Morgan fingerprint density at radius 2 is 1.50 bits per heavy atom. The minimum atomic E-state index is -4.42. The quantitative estimate of drug-likeness (QED) is 0.571. The van der Waals surface area contributed by atoms with Gasteiger partial charge in [-0.05, 0) is 29.8 Å². The minimum absolute atomic E-state index is 0.0648. The molecule has 0 bridgehead atoms. The highest BCUT2D eigenvalue weighted by Crippen LogP contribution is 2.38. The summed E-state index contributed by atoms with van der Waals surface area (Å²) in [4.78, 5) is 24.4. The normalized spacial score (nSPS) is 10.8. The Balaban J connectivity index is 1.86. The van der Waals surface area contributed by atoms with Crippen LogP contribution in [0.25, 0.3) is 0 Å². The molecule has 0 heterocycles. The number of halogens is 3. The highest BCUT2D eigenvalue weighted by Gasteiger charge is 2.28. The third-order valence-electron chi connectivity index (χ3n) is 4.15. The fraction of sp³-hybridized carbons (Fsp3) is 0.333. The molecule has 0 fully saturated rings. The molecule has 2 rings (SSSR count). The molecular formula is C21H23F3N2O6. The number of carbonyl (C=O) groups excluding carboxylic acids is 2. The van der Waals surface area contributed by atoms with E-state index in [1.807, 2.05) is 0 Å². The standard InChI is InChI=1S/C21H23F3N2O6/c1-29-16-8-14(9-17(30-2)19(16)31-3)20(28)26-11-18(27)25-10-13-4-6-15(7-5-13)32-12-21(22,23)24/h4-9H,10-12H2,1-3H3,(H,25,27)(H,26,28). The lowest BCUT2D eigenvalue weighted by Gasteiger charge is -2.14. The maximum absolute atomic E-state index is 12.4. The zero-order valence-electron chi connectivity index (χ0n) is 17.7. The minimum Gasteiger partial charge on any atom is -0.493 e. The molecule has 0 aliphatic rings. The second-order valence-electron chi connectivity index (χ2n) is 6.42. The zero-order valence-corrected chi connectivity index (χ0v) is 17.7. The summed E-state index contributed by atoms with van der Waals surface area (Å²) in [6, 6.07) is 8.72. The number of alkyl halides is 3. The number of methoxy groups -OCH3 is 3. The van der Waals surface area contributed by atoms with Crippen molar-refractivity contribution in [2.75, 3.05) is 34.5 Å². The lowest BCUT2D eigenvalue weighted by Crippen LogP contribution is -2.36. The molecule has 0 saturated carbocycles. The van der Waals surface area contributed by atoms with E-state index >= 15 is 0 Å². The second-order valence-corrected chi connectivity index (χ2v) is 6.42. The molecule has 32 heavy (non-hydrogen) atoms. The second kappa shape index (κ2) is 11.1. The number of amides is 2. The summed E-state index contributed by atoms with van der Waals surface area (Å²) < 4.78 is 56.7. The van der Waals surface area contributed by atoms with E-state index in [2.05, 4.69) is 15.4 Å². The van der Waals surface area contributed by atoms with Gasteiger partial charge in [0.1, 0.15) is 5.75 Å². The largest absolute Gasteiger partial charge is 0.493 e. The predicted molar refractivity (Wildman–Crippen MR) is 108 cm³/mol. The lowest BCUT2D eigenvalue weighted by molar-refractivity contribution is -0.153. The van der Waals surface area contributed by atoms with Crippen LogP contribution in [0.4, 0.5) is 13.2 Å². The molecule has 2 aromatic carbocycles. The Morgan fingerprint density at radius 3 is 2.00 bits per heavy atom. The number of hydrogen-bond acceptors (Lipinski definition) is 6. The molecule has 0 radical (unpaired) electrons. The Morgan fingerprint density at radius 1 is 0.906 bits per heavy atom. The van der Waals surface area contributed by atoms with Gasteiger partial charge in [0.2, 0.25) is 11.7 Å². The molecule has 8 nitrogen and oxygen atoms in total. The summed E-state index contributed by atoms with van der Waals surface area (Å²) >= 11 is 0. The smallest absolute Gasteiger partial charge is 0.422 e. The summed E-state index contributed by atoms with van der Waals surface area (Å²) in [6.45, 7) is -1.55. The summed E-state index contributed by atoms with van der Waals surface area (Å²) in [5.74, 6) is 0.0103. The first-order valence-electron chi connectivity index (χ1n) is 9.30. The van der Waals surface area contributed by atoms with E-state index < -0.39 is 24.6 Å². The Hall–Kier alpha value is -3.63. The first-order chi connectivity index (χ1) is 15.2. The molecule has 174 valence electrons. The molecule has 2 amide bonds. The zero-order chi connectivity index (χ0) is 23.7. The van der Waals surface area contributed by atoms with Crippen LogP contribution >= 0.6 is 0 Å². The average Bonchev–Trinajstić information content (AvgIpc) is 2.78. The van der Waals surface area contributed by atoms with Gasteiger partial charge in [-0.3, -0.25) is 9.59 Å². The molecular weight excluding hydrogens is 433 g/mol. The van der Waals surface area contributed by atoms with Crippen molar-refractivity contribution < 1.29 is 41.7 Å². The Labute approximate surface area is 182 Å². The number of benzene rings is 2. The summed E-state index contributed by atoms with van der Waals surface area (Å²) in [5.41, 5.74) is 0.857. The highest BCUT2D eigenvalue weighted by atomic mass is 19.4. The maximum atomic E-state index is 12.4. The van der Waals surface area contributed by atoms with Crippen molar-refractivity contribution in [1.29, 1.82) is 0 Å². The first-order valence-corrected chi connectivity index (χ1v) is 9.30. The van der Waals surface area contributed by atoms with Crippen LogP contribution in [0.1, 0.15) is 15.9 Å². The maximum Gasteiger partial charge on any atom is 0.422 e. The highest BCUT2D eigenvalue weighted by molar-refractivity contribution is 5.97. The lowest BCUT2D eigenvalue weighted by atomic mass is 10.1. The van der Waals surface area contributed by atoms with Gasteiger partial charge in [-0.1, -0.05) is 12.1 Å². The van der Waals surface area contributed by atoms with Gasteiger partial charge in [0.05, 0.1) is 27.9 Å². The van der Waals surface area contributed by atoms with Gasteiger partial charge in [0.25, 0.3) is 5.91 Å². The molecule has 0 spiro atoms. The van der Waals surface area contributed by atoms with Crippen molar-refractivity contribution in [2.45, 2.75) is 12.7 Å². The van der Waals surface area contributed by atoms with Gasteiger partial charge in [0.15, 0.2) is 18.1 Å². The SMILES string of the molecule is COc1cc(C(=O)NCC(=O)NCc2ccc(OCC(F)(F)F)cc2)cc(OC)c1OC. The van der Waals surface area contributed by atoms with Crippen LogP contribution in [0.2, 0.25) is 0 Å². The van der Waals surface area contributed by atoms with Crippen LogP contribution in [-0.4, -0.2) is 52.5 Å². The molecule has 2 aromatic rings. The molecule has 0 aliphatic carbocycles. The van der Waals surface area contributed by atoms with E-state index in [0.717, 1.165) is 0 Å². The number of hydrogen-bond donors (Lipinski definition) is 2. The number of nitrogens with one attached hydrogen (secondary N) is 2. The van der Waals surface area contributed by atoms with Crippen molar-refractivity contribution in [3.05, 3.63) is 47.5 Å². The topological polar surface area (TPSA) is 95.1 Å². The predicted octanol–water partition coefficient (Wildman–Crippen LogP) is 2.70. The molecule has 2 N–H and O–H groups in total. The molecule has 0 aliphatic heterocycles. The number of ether oxygens (including phenoxy) is 4. The summed E-state index contributed by atoms with van der Waals surface area (Å²) in [7, 11) is 4.27. The van der Waals surface area contributed by atoms with E-state index in [4.69, 9.17) is 14.2 Å². The van der Waals surface area contributed by atoms with Crippen molar-refractivity contribution in [2.24, 2.45) is 0 Å². The van der Waals surface area contributed by atoms with Crippen molar-refractivity contribution in [1.82, 2.24) is 10.6 Å². The van der Waals surface area contributed by atoms with E-state index in [9.17, 15) is 22.8 Å². The van der Waals surface area contributed by atoms with E-state index in [1.165, 1.54) is 57.7 Å². The van der Waals surface area contributed by atoms with Crippen LogP contribution in [0.3, 0.4) is 0 Å². The molecule has 0 aromatic heterocycles. The van der Waals surface area contributed by atoms with Gasteiger partial charge in [0, 0.05) is 12.1 Å². The molecule has 0 saturated heterocycles. The monoisotopic (exact) mass is 456 g/mol. The van der Waals surface area contributed by atoms with Crippen molar-refractivity contribution in [3.8, 4) is 23.0 Å². The van der Waals surface area contributed by atoms with Gasteiger partial charge in [-0.15, -0.1) is 0 Å². The Bertz CT molecular complexity index is 907. The summed E-state index contributed by atoms with van der Waals surface area (Å²) in [6.07, 6.45) is -4.42. The van der Waals surface area contributed by atoms with Crippen molar-refractivity contribution in [3.63, 3.8) is 0 Å². The van der Waals surface area contributed by atoms with E-state index in [-0.39, 0.29) is 24.4 Å². The fourth-order valence-electron chi connectivity index (χ4n) is 2.61. The van der Waals surface area contributed by atoms with Gasteiger partial charge in [-0.2, -0.15) is 13.2 Å². The van der Waals surface area contributed by atoms with Crippen molar-refractivity contribution >= 4 is 11.8 Å². The van der Waals surface area contributed by atoms with Crippen LogP contribution in [0.15, 0.2) is 36.4 Å². The number of rotatable bonds is 10. The third-order valence-corrected chi connectivity index (χ3v) is 4.15. The fourth-order valence-corrected chi connectivity index (χ4v) is 2.61. The average molecular weight is 456 g/mol. The van der Waals surface area contributed by atoms with Crippen LogP contribution in [-0.2, 0) is 11.3 Å². The molecule has 11 heteroatoms. The first kappa shape index (κ1) is 24.6. The van der Waals surface area contributed by atoms with Crippen LogP contribution in [0, 0.1) is 0 Å². The summed E-state index contributed by atoms with van der Waals surface area (Å²) in [5, 5.41) is 5.09. The van der Waals surface area contributed by atoms with Gasteiger partial charge >= 0.3 is 6.18 Å². The van der Waals surface area contributed by atoms with Crippen LogP contribution in [0.5, 0.6) is 23.0 Å². The Kier molecular flexibility index (Phi) is 8.56. The van der Waals surface area contributed by atoms with Crippen LogP contribution < -0.4 is 29.6 Å². The third kappa shape index (κ3) is 7.25. The molecule has 0 unspecified atom stereocenters.